The van der Waals surface area contributed by atoms with Crippen molar-refractivity contribution in [3.05, 3.63) is 64.6 Å². The molecule has 22 heavy (non-hydrogen) atoms. The number of rotatable bonds is 3. The predicted octanol–water partition coefficient (Wildman–Crippen LogP) is 3.00. The van der Waals surface area contributed by atoms with Gasteiger partial charge in [-0.25, -0.2) is 9.87 Å². The Kier molecular flexibility index (Phi) is 3.79. The second-order valence-corrected chi connectivity index (χ2v) is 5.22. The molecule has 3 aromatic rings. The number of nitrogens with one attached hydrogen (secondary N) is 1. The lowest BCUT2D eigenvalue weighted by molar-refractivity contribution is 0.0702. The summed E-state index contributed by atoms with van der Waals surface area (Å²) in [6.07, 6.45) is 1.68. The lowest BCUT2D eigenvalue weighted by Gasteiger charge is -2.01. The Morgan fingerprint density at radius 1 is 1.36 bits per heavy atom. The summed E-state index contributed by atoms with van der Waals surface area (Å²) in [4.78, 5) is 11.4. The highest BCUT2D eigenvalue weighted by molar-refractivity contribution is 6.30. The molecule has 3 rings (SSSR count). The third kappa shape index (κ3) is 2.79. The zero-order valence-electron chi connectivity index (χ0n) is 11.3. The Hall–Kier alpha value is -2.44. The molecule has 2 N–H and O–H groups in total. The van der Waals surface area contributed by atoms with E-state index in [0.717, 1.165) is 5.56 Å². The van der Waals surface area contributed by atoms with Gasteiger partial charge in [-0.15, -0.1) is 0 Å². The minimum atomic E-state index is -0.913. The molecular weight excluding hydrogens is 309 g/mol. The lowest BCUT2D eigenvalue weighted by Crippen LogP contribution is -2.19. The molecule has 1 heterocycles. The van der Waals surface area contributed by atoms with Crippen molar-refractivity contribution in [3.8, 4) is 0 Å². The van der Waals surface area contributed by atoms with E-state index < -0.39 is 11.7 Å². The number of carbonyl (C=O) groups is 1. The Morgan fingerprint density at radius 2 is 2.18 bits per heavy atom. The van der Waals surface area contributed by atoms with Crippen molar-refractivity contribution >= 4 is 28.4 Å². The van der Waals surface area contributed by atoms with Crippen LogP contribution >= 0.6 is 11.6 Å². The van der Waals surface area contributed by atoms with Gasteiger partial charge >= 0.3 is 0 Å². The predicted molar refractivity (Wildman–Crippen MR) is 79.5 cm³/mol. The van der Waals surface area contributed by atoms with Crippen LogP contribution in [-0.2, 0) is 6.54 Å². The van der Waals surface area contributed by atoms with E-state index in [1.54, 1.807) is 16.9 Å². The highest BCUT2D eigenvalue weighted by Crippen LogP contribution is 2.19. The third-order valence-corrected chi connectivity index (χ3v) is 3.46. The fourth-order valence-corrected chi connectivity index (χ4v) is 2.45. The smallest absolute Gasteiger partial charge is 0.277 e. The summed E-state index contributed by atoms with van der Waals surface area (Å²) in [5.74, 6) is -1.63. The summed E-state index contributed by atoms with van der Waals surface area (Å²) >= 11 is 5.93. The van der Waals surface area contributed by atoms with Crippen molar-refractivity contribution in [2.24, 2.45) is 0 Å². The molecule has 0 aliphatic carbocycles. The summed E-state index contributed by atoms with van der Waals surface area (Å²) < 4.78 is 15.5. The molecule has 0 spiro atoms. The maximum absolute atomic E-state index is 13.8. The highest BCUT2D eigenvalue weighted by atomic mass is 35.5. The maximum Gasteiger partial charge on any atom is 0.277 e. The van der Waals surface area contributed by atoms with E-state index in [2.05, 4.69) is 5.10 Å². The van der Waals surface area contributed by atoms with Crippen LogP contribution in [0.3, 0.4) is 0 Å². The number of aromatic nitrogens is 2. The number of halogens is 2. The van der Waals surface area contributed by atoms with Gasteiger partial charge in [0.2, 0.25) is 0 Å². The average Bonchev–Trinajstić information content (AvgIpc) is 2.86. The summed E-state index contributed by atoms with van der Waals surface area (Å²) in [6.45, 7) is 0.471. The highest BCUT2D eigenvalue weighted by Gasteiger charge is 2.14. The van der Waals surface area contributed by atoms with Gasteiger partial charge in [0.15, 0.2) is 0 Å². The number of benzene rings is 2. The van der Waals surface area contributed by atoms with Crippen LogP contribution in [-0.4, -0.2) is 20.9 Å². The van der Waals surface area contributed by atoms with Crippen molar-refractivity contribution in [1.82, 2.24) is 15.3 Å². The molecule has 0 aliphatic heterocycles. The molecule has 7 heteroatoms. The first-order valence-electron chi connectivity index (χ1n) is 6.42. The minimum Gasteiger partial charge on any atom is -0.288 e. The maximum atomic E-state index is 13.8. The Labute approximate surface area is 129 Å². The molecule has 0 aliphatic rings. The Morgan fingerprint density at radius 3 is 2.91 bits per heavy atom. The number of amides is 1. The van der Waals surface area contributed by atoms with E-state index in [1.807, 2.05) is 18.2 Å². The zero-order chi connectivity index (χ0) is 15.7. The molecule has 2 aromatic carbocycles. The lowest BCUT2D eigenvalue weighted by atomic mass is 10.1. The fraction of sp³-hybridized carbons (Fsp3) is 0.0667. The molecule has 0 atom stereocenters. The minimum absolute atomic E-state index is 0.261. The number of hydrogen-bond acceptors (Lipinski definition) is 3. The molecule has 0 saturated heterocycles. The van der Waals surface area contributed by atoms with Gasteiger partial charge in [0.05, 0.1) is 17.6 Å². The SMILES string of the molecule is O=C(NO)c1cc2nn(Cc3cccc(Cl)c3)cc2cc1F. The van der Waals surface area contributed by atoms with Crippen molar-refractivity contribution in [1.29, 1.82) is 0 Å². The number of carbonyl (C=O) groups excluding carboxylic acids is 1. The Balaban J connectivity index is 1.97. The van der Waals surface area contributed by atoms with Gasteiger partial charge in [0, 0.05) is 16.6 Å². The molecule has 1 amide bonds. The van der Waals surface area contributed by atoms with Crippen LogP contribution < -0.4 is 5.48 Å². The first kappa shape index (κ1) is 14.5. The van der Waals surface area contributed by atoms with Crippen LogP contribution in [0.15, 0.2) is 42.6 Å². The normalized spacial score (nSPS) is 10.9. The van der Waals surface area contributed by atoms with E-state index in [1.165, 1.54) is 17.6 Å². The van der Waals surface area contributed by atoms with E-state index in [4.69, 9.17) is 16.8 Å². The molecule has 1 aromatic heterocycles. The monoisotopic (exact) mass is 319 g/mol. The summed E-state index contributed by atoms with van der Waals surface area (Å²) in [6, 6.07) is 9.85. The van der Waals surface area contributed by atoms with E-state index >= 15 is 0 Å². The van der Waals surface area contributed by atoms with Crippen LogP contribution in [0, 0.1) is 5.82 Å². The molecule has 0 unspecified atom stereocenters. The van der Waals surface area contributed by atoms with Gasteiger partial charge in [0.25, 0.3) is 5.91 Å². The third-order valence-electron chi connectivity index (χ3n) is 3.22. The molecule has 0 bridgehead atoms. The standard InChI is InChI=1S/C15H11ClFN3O2/c16-11-3-1-2-9(4-11)7-20-8-10-5-13(17)12(15(21)19-22)6-14(10)18-20/h1-6,8,22H,7H2,(H,19,21). The first-order valence-corrected chi connectivity index (χ1v) is 6.80. The van der Waals surface area contributed by atoms with Crippen molar-refractivity contribution < 1.29 is 14.4 Å². The van der Waals surface area contributed by atoms with Crippen molar-refractivity contribution in [2.45, 2.75) is 6.54 Å². The second-order valence-electron chi connectivity index (χ2n) is 4.79. The molecule has 0 saturated carbocycles. The topological polar surface area (TPSA) is 67.2 Å². The molecule has 0 radical (unpaired) electrons. The van der Waals surface area contributed by atoms with Gasteiger partial charge in [0.1, 0.15) is 5.82 Å². The van der Waals surface area contributed by atoms with Crippen LogP contribution in [0.2, 0.25) is 5.02 Å². The van der Waals surface area contributed by atoms with Gasteiger partial charge < -0.3 is 0 Å². The van der Waals surface area contributed by atoms with Crippen LogP contribution in [0.1, 0.15) is 15.9 Å². The number of fused-ring (bicyclic) bond motifs is 1. The van der Waals surface area contributed by atoms with Crippen LogP contribution in [0.4, 0.5) is 4.39 Å². The Bertz CT molecular complexity index is 863. The number of nitrogens with zero attached hydrogens (tertiary/aromatic N) is 2. The first-order chi connectivity index (χ1) is 10.6. The molecule has 112 valence electrons. The van der Waals surface area contributed by atoms with Gasteiger partial charge in [-0.05, 0) is 29.8 Å². The van der Waals surface area contributed by atoms with Crippen LogP contribution in [0.5, 0.6) is 0 Å². The second kappa shape index (κ2) is 5.75. The van der Waals surface area contributed by atoms with Gasteiger partial charge in [-0.1, -0.05) is 23.7 Å². The number of hydroxylamine groups is 1. The summed E-state index contributed by atoms with van der Waals surface area (Å²) in [5, 5.41) is 14.1. The summed E-state index contributed by atoms with van der Waals surface area (Å²) in [7, 11) is 0. The largest absolute Gasteiger partial charge is 0.288 e. The van der Waals surface area contributed by atoms with E-state index in [-0.39, 0.29) is 5.56 Å². The van der Waals surface area contributed by atoms with E-state index in [9.17, 15) is 9.18 Å². The molecular formula is C15H11ClFN3O2. The fourth-order valence-electron chi connectivity index (χ4n) is 2.23. The van der Waals surface area contributed by atoms with Gasteiger partial charge in [-0.2, -0.15) is 5.10 Å². The summed E-state index contributed by atoms with van der Waals surface area (Å²) in [5.41, 5.74) is 2.56. The van der Waals surface area contributed by atoms with Gasteiger partial charge in [-0.3, -0.25) is 14.7 Å². The molecule has 5 nitrogen and oxygen atoms in total. The van der Waals surface area contributed by atoms with Crippen molar-refractivity contribution in [2.75, 3.05) is 0 Å². The number of hydrogen-bond donors (Lipinski definition) is 2. The molecule has 0 fully saturated rings. The van der Waals surface area contributed by atoms with Crippen LogP contribution in [0.25, 0.3) is 10.9 Å². The quantitative estimate of drug-likeness (QED) is 0.576. The van der Waals surface area contributed by atoms with E-state index in [0.29, 0.717) is 22.5 Å². The average molecular weight is 320 g/mol. The zero-order valence-corrected chi connectivity index (χ0v) is 12.0. The van der Waals surface area contributed by atoms with Crippen molar-refractivity contribution in [3.63, 3.8) is 0 Å².